The van der Waals surface area contributed by atoms with E-state index in [1.165, 1.54) is 32.1 Å². The number of hydrogen-bond donors (Lipinski definition) is 2. The van der Waals surface area contributed by atoms with Crippen LogP contribution in [0.1, 0.15) is 70.4 Å². The van der Waals surface area contributed by atoms with Gasteiger partial charge in [-0.25, -0.2) is 0 Å². The summed E-state index contributed by atoms with van der Waals surface area (Å²) in [5.74, 6) is 0.814. The van der Waals surface area contributed by atoms with Gasteiger partial charge in [-0.3, -0.25) is 14.9 Å². The van der Waals surface area contributed by atoms with Crippen molar-refractivity contribution in [3.8, 4) is 0 Å². The third-order valence-electron chi connectivity index (χ3n) is 6.03. The predicted octanol–water partition coefficient (Wildman–Crippen LogP) is 3.75. The Hall–Kier alpha value is -1.88. The Labute approximate surface area is 162 Å². The first-order valence-electron chi connectivity index (χ1n) is 10.4. The Morgan fingerprint density at radius 1 is 1.22 bits per heavy atom. The molecule has 1 fully saturated rings. The van der Waals surface area contributed by atoms with Crippen LogP contribution in [0.3, 0.4) is 0 Å². The van der Waals surface area contributed by atoms with Crippen LogP contribution in [0, 0.1) is 11.8 Å². The molecule has 1 aromatic rings. The number of hydrogen-bond acceptors (Lipinski definition) is 3. The minimum Gasteiger partial charge on any atom is -0.332 e. The third kappa shape index (κ3) is 4.70. The van der Waals surface area contributed by atoms with E-state index in [0.29, 0.717) is 18.3 Å². The molecular formula is C22H33N3O2. The van der Waals surface area contributed by atoms with Gasteiger partial charge in [0, 0.05) is 25.2 Å². The maximum atomic E-state index is 13.0. The summed E-state index contributed by atoms with van der Waals surface area (Å²) in [6, 6.07) is 7.99. The van der Waals surface area contributed by atoms with E-state index < -0.39 is 6.17 Å². The maximum Gasteiger partial charge on any atom is 0.264 e. The van der Waals surface area contributed by atoms with Gasteiger partial charge in [0.1, 0.15) is 0 Å². The molecule has 2 aliphatic rings. The van der Waals surface area contributed by atoms with Crippen molar-refractivity contribution >= 4 is 17.5 Å². The highest BCUT2D eigenvalue weighted by Crippen LogP contribution is 2.33. The Bertz CT molecular complexity index is 667. The maximum absolute atomic E-state index is 13.0. The number of carbonyl (C=O) groups is 2. The molecule has 0 bridgehead atoms. The van der Waals surface area contributed by atoms with Gasteiger partial charge < -0.3 is 10.2 Å². The molecule has 1 aliphatic heterocycles. The van der Waals surface area contributed by atoms with E-state index in [9.17, 15) is 9.59 Å². The Balaban J connectivity index is 1.68. The van der Waals surface area contributed by atoms with Gasteiger partial charge in [-0.15, -0.1) is 0 Å². The molecular weight excluding hydrogens is 338 g/mol. The van der Waals surface area contributed by atoms with E-state index >= 15 is 0 Å². The molecule has 1 saturated carbocycles. The molecule has 3 rings (SSSR count). The molecule has 2 amide bonds. The molecule has 27 heavy (non-hydrogen) atoms. The van der Waals surface area contributed by atoms with E-state index in [-0.39, 0.29) is 17.9 Å². The van der Waals surface area contributed by atoms with E-state index in [1.54, 1.807) is 11.9 Å². The van der Waals surface area contributed by atoms with Crippen molar-refractivity contribution < 1.29 is 9.59 Å². The van der Waals surface area contributed by atoms with Crippen LogP contribution >= 0.6 is 0 Å². The number of amides is 2. The van der Waals surface area contributed by atoms with Crippen molar-refractivity contribution in [3.05, 3.63) is 29.8 Å². The number of anilines is 1. The molecule has 2 atom stereocenters. The van der Waals surface area contributed by atoms with Gasteiger partial charge in [0.15, 0.2) is 6.17 Å². The molecule has 0 radical (unpaired) electrons. The van der Waals surface area contributed by atoms with Gasteiger partial charge in [0.05, 0.1) is 0 Å². The summed E-state index contributed by atoms with van der Waals surface area (Å²) >= 11 is 0. The fraction of sp³-hybridized carbons (Fsp3) is 0.636. The van der Waals surface area contributed by atoms with Crippen LogP contribution < -0.4 is 15.5 Å². The summed E-state index contributed by atoms with van der Waals surface area (Å²) in [7, 11) is 1.78. The Kier molecular flexibility index (Phi) is 6.53. The smallest absolute Gasteiger partial charge is 0.264 e. The number of likely N-dealkylation sites (N-methyl/N-ethyl adjacent to an activating group) is 1. The van der Waals surface area contributed by atoms with Gasteiger partial charge in [0.25, 0.3) is 5.91 Å². The molecule has 0 saturated heterocycles. The number of nitrogens with one attached hydrogen (secondary N) is 2. The third-order valence-corrected chi connectivity index (χ3v) is 6.03. The first kappa shape index (κ1) is 19.9. The van der Waals surface area contributed by atoms with E-state index in [1.807, 2.05) is 18.2 Å². The van der Waals surface area contributed by atoms with Crippen LogP contribution in [0.15, 0.2) is 24.3 Å². The van der Waals surface area contributed by atoms with E-state index in [2.05, 4.69) is 30.5 Å². The van der Waals surface area contributed by atoms with Gasteiger partial charge in [-0.2, -0.15) is 0 Å². The molecule has 1 aliphatic carbocycles. The number of carbonyl (C=O) groups excluding carboxylic acids is 2. The zero-order valence-electron chi connectivity index (χ0n) is 16.8. The monoisotopic (exact) mass is 371 g/mol. The van der Waals surface area contributed by atoms with Crippen molar-refractivity contribution in [2.45, 2.75) is 71.0 Å². The molecule has 2 unspecified atom stereocenters. The summed E-state index contributed by atoms with van der Waals surface area (Å²) in [4.78, 5) is 27.2. The summed E-state index contributed by atoms with van der Waals surface area (Å²) in [5.41, 5.74) is 2.01. The molecule has 0 spiro atoms. The minimum atomic E-state index is -0.686. The number of benzene rings is 1. The molecule has 1 aromatic carbocycles. The number of fused-ring (bicyclic) bond motifs is 1. The highest BCUT2D eigenvalue weighted by molar-refractivity contribution is 5.99. The van der Waals surface area contributed by atoms with Crippen LogP contribution in [0.25, 0.3) is 0 Å². The first-order chi connectivity index (χ1) is 13.0. The average molecular weight is 372 g/mol. The molecule has 2 N–H and O–H groups in total. The zero-order valence-corrected chi connectivity index (χ0v) is 16.8. The van der Waals surface area contributed by atoms with Gasteiger partial charge >= 0.3 is 0 Å². The fourth-order valence-corrected chi connectivity index (χ4v) is 4.41. The van der Waals surface area contributed by atoms with Crippen LogP contribution in [-0.4, -0.2) is 25.0 Å². The summed E-state index contributed by atoms with van der Waals surface area (Å²) in [6.07, 6.45) is 7.11. The van der Waals surface area contributed by atoms with Crippen molar-refractivity contribution in [1.82, 2.24) is 10.6 Å². The Morgan fingerprint density at radius 2 is 1.93 bits per heavy atom. The van der Waals surface area contributed by atoms with Gasteiger partial charge in [-0.1, -0.05) is 64.2 Å². The second kappa shape index (κ2) is 8.87. The number of para-hydroxylation sites is 1. The molecule has 148 valence electrons. The van der Waals surface area contributed by atoms with Crippen LogP contribution in [0.4, 0.5) is 5.69 Å². The Morgan fingerprint density at radius 3 is 2.63 bits per heavy atom. The van der Waals surface area contributed by atoms with Gasteiger partial charge in [-0.05, 0) is 29.9 Å². The molecule has 5 heteroatoms. The number of rotatable bonds is 5. The fourth-order valence-electron chi connectivity index (χ4n) is 4.41. The van der Waals surface area contributed by atoms with Crippen LogP contribution in [-0.2, 0) is 9.59 Å². The quantitative estimate of drug-likeness (QED) is 0.829. The zero-order chi connectivity index (χ0) is 19.4. The van der Waals surface area contributed by atoms with Gasteiger partial charge in [0.2, 0.25) is 5.91 Å². The lowest BCUT2D eigenvalue weighted by atomic mass is 9.86. The molecule has 0 aromatic heterocycles. The van der Waals surface area contributed by atoms with Crippen LogP contribution in [0.2, 0.25) is 0 Å². The second-order valence-corrected chi connectivity index (χ2v) is 8.39. The normalized spacial score (nSPS) is 23.9. The molecule has 1 heterocycles. The van der Waals surface area contributed by atoms with Crippen molar-refractivity contribution in [1.29, 1.82) is 0 Å². The van der Waals surface area contributed by atoms with Crippen molar-refractivity contribution in [3.63, 3.8) is 0 Å². The predicted molar refractivity (Wildman–Crippen MR) is 108 cm³/mol. The lowest BCUT2D eigenvalue weighted by Crippen LogP contribution is -2.55. The topological polar surface area (TPSA) is 61.4 Å². The van der Waals surface area contributed by atoms with Crippen molar-refractivity contribution in [2.75, 3.05) is 11.9 Å². The van der Waals surface area contributed by atoms with E-state index in [4.69, 9.17) is 0 Å². The lowest BCUT2D eigenvalue weighted by molar-refractivity contribution is -0.128. The van der Waals surface area contributed by atoms with Crippen molar-refractivity contribution in [2.24, 2.45) is 11.8 Å². The second-order valence-electron chi connectivity index (χ2n) is 8.39. The first-order valence-corrected chi connectivity index (χ1v) is 10.4. The summed E-state index contributed by atoms with van der Waals surface area (Å²) < 4.78 is 0. The summed E-state index contributed by atoms with van der Waals surface area (Å²) in [6.45, 7) is 4.26. The number of nitrogens with zero attached hydrogens (tertiary/aromatic N) is 1. The lowest BCUT2D eigenvalue weighted by Gasteiger charge is -2.26. The minimum absolute atomic E-state index is 0.0127. The average Bonchev–Trinajstić information content (AvgIpc) is 2.78. The summed E-state index contributed by atoms with van der Waals surface area (Å²) in [5, 5.41) is 6.35. The largest absolute Gasteiger partial charge is 0.332 e. The van der Waals surface area contributed by atoms with E-state index in [0.717, 1.165) is 17.7 Å². The standard InChI is InChI=1S/C22H33N3O2/c1-15(2)20-17-11-7-8-12-18(17)25(3)22(27)21(24-20)23-19(26)14-13-16-9-5-4-6-10-16/h7-8,11-12,15-16,20-21,24H,4-6,9-10,13-14H2,1-3H3,(H,23,26). The highest BCUT2D eigenvalue weighted by Gasteiger charge is 2.34. The SMILES string of the molecule is CC(C)C1NC(NC(=O)CCC2CCCCC2)C(=O)N(C)c2ccccc21. The van der Waals surface area contributed by atoms with Crippen LogP contribution in [0.5, 0.6) is 0 Å². The highest BCUT2D eigenvalue weighted by atomic mass is 16.2. The molecule has 5 nitrogen and oxygen atoms in total.